The molecule has 0 radical (unpaired) electrons. The van der Waals surface area contributed by atoms with Crippen LogP contribution in [0.5, 0.6) is 0 Å². The number of ether oxygens (including phenoxy) is 2. The van der Waals surface area contributed by atoms with E-state index in [4.69, 9.17) is 9.47 Å². The third-order valence-electron chi connectivity index (χ3n) is 6.64. The quantitative estimate of drug-likeness (QED) is 0.428. The van der Waals surface area contributed by atoms with Gasteiger partial charge in [0.1, 0.15) is 0 Å². The number of hydrogen-bond donors (Lipinski definition) is 0. The molecule has 150 valence electrons. The van der Waals surface area contributed by atoms with E-state index in [2.05, 4.69) is 26.8 Å². The molecule has 0 amide bonds. The van der Waals surface area contributed by atoms with Crippen molar-refractivity contribution < 1.29 is 19.1 Å². The molecular formula is C23H34O4. The average molecular weight is 375 g/mol. The Morgan fingerprint density at radius 2 is 1.63 bits per heavy atom. The van der Waals surface area contributed by atoms with Crippen LogP contribution in [0.2, 0.25) is 0 Å². The fourth-order valence-electron chi connectivity index (χ4n) is 4.62. The Labute approximate surface area is 163 Å². The summed E-state index contributed by atoms with van der Waals surface area (Å²) in [7, 11) is 2.82. The molecule has 2 aliphatic carbocycles. The Morgan fingerprint density at radius 1 is 1.04 bits per heavy atom. The number of ketones is 2. The number of Topliss-reactive ketones (excluding diaryl/α,β-unsaturated/α-hetero) is 2. The van der Waals surface area contributed by atoms with Crippen molar-refractivity contribution in [3.8, 4) is 0 Å². The van der Waals surface area contributed by atoms with Gasteiger partial charge in [0.25, 0.3) is 0 Å². The summed E-state index contributed by atoms with van der Waals surface area (Å²) in [4.78, 5) is 26.1. The van der Waals surface area contributed by atoms with E-state index >= 15 is 0 Å². The first-order valence-electron chi connectivity index (χ1n) is 10.2. The van der Waals surface area contributed by atoms with Gasteiger partial charge in [-0.2, -0.15) is 0 Å². The molecule has 1 fully saturated rings. The van der Waals surface area contributed by atoms with Gasteiger partial charge in [0.05, 0.1) is 14.2 Å². The zero-order valence-electron chi connectivity index (χ0n) is 17.7. The molecule has 1 atom stereocenters. The van der Waals surface area contributed by atoms with Crippen molar-refractivity contribution in [2.75, 3.05) is 14.2 Å². The maximum Gasteiger partial charge on any atom is 0.228 e. The van der Waals surface area contributed by atoms with Crippen molar-refractivity contribution in [1.82, 2.24) is 0 Å². The molecule has 4 nitrogen and oxygen atoms in total. The summed E-state index contributed by atoms with van der Waals surface area (Å²) in [5.74, 6) is 0.403. The summed E-state index contributed by atoms with van der Waals surface area (Å²) in [6.45, 7) is 8.20. The van der Waals surface area contributed by atoms with E-state index in [1.807, 2.05) is 0 Å². The van der Waals surface area contributed by atoms with Crippen molar-refractivity contribution in [3.63, 3.8) is 0 Å². The minimum Gasteiger partial charge on any atom is -0.489 e. The van der Waals surface area contributed by atoms with Crippen molar-refractivity contribution in [2.45, 2.75) is 72.6 Å². The van der Waals surface area contributed by atoms with Crippen LogP contribution in [-0.2, 0) is 19.1 Å². The van der Waals surface area contributed by atoms with Crippen molar-refractivity contribution in [3.05, 3.63) is 34.3 Å². The van der Waals surface area contributed by atoms with E-state index in [1.54, 1.807) is 6.92 Å². The summed E-state index contributed by atoms with van der Waals surface area (Å²) in [5.41, 5.74) is 2.26. The van der Waals surface area contributed by atoms with Gasteiger partial charge in [-0.3, -0.25) is 9.59 Å². The van der Waals surface area contributed by atoms with Crippen LogP contribution in [0.4, 0.5) is 0 Å². The van der Waals surface area contributed by atoms with Crippen LogP contribution in [-0.4, -0.2) is 25.8 Å². The summed E-state index contributed by atoms with van der Waals surface area (Å²) in [6, 6.07) is 0. The van der Waals surface area contributed by atoms with Crippen LogP contribution < -0.4 is 0 Å². The molecule has 0 aromatic carbocycles. The lowest BCUT2D eigenvalue weighted by atomic mass is 9.67. The van der Waals surface area contributed by atoms with Gasteiger partial charge in [0, 0.05) is 16.6 Å². The molecule has 2 rings (SSSR count). The average Bonchev–Trinajstić information content (AvgIpc) is 3.15. The van der Waals surface area contributed by atoms with Gasteiger partial charge in [-0.05, 0) is 51.4 Å². The lowest BCUT2D eigenvalue weighted by molar-refractivity contribution is -0.122. The van der Waals surface area contributed by atoms with Crippen molar-refractivity contribution in [1.29, 1.82) is 0 Å². The Hall–Kier alpha value is -1.84. The highest BCUT2D eigenvalue weighted by Crippen LogP contribution is 2.46. The Balaban J connectivity index is 2.43. The third-order valence-corrected chi connectivity index (χ3v) is 6.64. The summed E-state index contributed by atoms with van der Waals surface area (Å²) < 4.78 is 10.5. The SMILES string of the molecule is CCC1CCC(=CCC(CC)(CC)C2=C(C)C(=O)C(OC)=C(OC)C2=O)C1. The summed E-state index contributed by atoms with van der Waals surface area (Å²) >= 11 is 0. The number of carbonyl (C=O) groups excluding carboxylic acids is 2. The topological polar surface area (TPSA) is 52.6 Å². The number of methoxy groups -OCH3 is 2. The Morgan fingerprint density at radius 3 is 2.11 bits per heavy atom. The lowest BCUT2D eigenvalue weighted by Gasteiger charge is -2.36. The van der Waals surface area contributed by atoms with Gasteiger partial charge in [-0.25, -0.2) is 0 Å². The van der Waals surface area contributed by atoms with Crippen LogP contribution >= 0.6 is 0 Å². The van der Waals surface area contributed by atoms with Crippen molar-refractivity contribution >= 4 is 11.6 Å². The maximum atomic E-state index is 13.2. The largest absolute Gasteiger partial charge is 0.489 e. The Kier molecular flexibility index (Phi) is 7.07. The molecule has 0 N–H and O–H groups in total. The van der Waals surface area contributed by atoms with E-state index in [-0.39, 0.29) is 28.5 Å². The van der Waals surface area contributed by atoms with Gasteiger partial charge in [0.15, 0.2) is 0 Å². The molecule has 1 saturated carbocycles. The minimum absolute atomic E-state index is 0.0183. The second kappa shape index (κ2) is 8.90. The van der Waals surface area contributed by atoms with E-state index in [0.717, 1.165) is 31.6 Å². The molecule has 0 aromatic heterocycles. The van der Waals surface area contributed by atoms with E-state index in [9.17, 15) is 9.59 Å². The highest BCUT2D eigenvalue weighted by atomic mass is 16.5. The first-order valence-corrected chi connectivity index (χ1v) is 10.2. The molecule has 27 heavy (non-hydrogen) atoms. The smallest absolute Gasteiger partial charge is 0.228 e. The molecule has 0 aromatic rings. The number of carbonyl (C=O) groups is 2. The van der Waals surface area contributed by atoms with Gasteiger partial charge in [-0.1, -0.05) is 38.8 Å². The predicted octanol–water partition coefficient (Wildman–Crippen LogP) is 5.29. The highest BCUT2D eigenvalue weighted by molar-refractivity contribution is 6.23. The second-order valence-corrected chi connectivity index (χ2v) is 7.80. The molecule has 4 heteroatoms. The summed E-state index contributed by atoms with van der Waals surface area (Å²) in [5, 5.41) is 0. The highest BCUT2D eigenvalue weighted by Gasteiger charge is 2.44. The zero-order chi connectivity index (χ0) is 20.2. The molecule has 0 bridgehead atoms. The molecule has 0 heterocycles. The van der Waals surface area contributed by atoms with Crippen LogP contribution in [0.3, 0.4) is 0 Å². The van der Waals surface area contributed by atoms with Crippen molar-refractivity contribution in [2.24, 2.45) is 11.3 Å². The maximum absolute atomic E-state index is 13.2. The van der Waals surface area contributed by atoms with E-state index in [0.29, 0.717) is 11.1 Å². The molecular weight excluding hydrogens is 340 g/mol. The van der Waals surface area contributed by atoms with Crippen LogP contribution in [0.15, 0.2) is 34.3 Å². The zero-order valence-corrected chi connectivity index (χ0v) is 17.7. The van der Waals surface area contributed by atoms with Crippen LogP contribution in [0, 0.1) is 11.3 Å². The lowest BCUT2D eigenvalue weighted by Crippen LogP contribution is -2.35. The third kappa shape index (κ3) is 3.90. The van der Waals surface area contributed by atoms with Gasteiger partial charge >= 0.3 is 0 Å². The first kappa shape index (κ1) is 21.5. The first-order chi connectivity index (χ1) is 12.9. The predicted molar refractivity (Wildman–Crippen MR) is 107 cm³/mol. The van der Waals surface area contributed by atoms with E-state index in [1.165, 1.54) is 39.1 Å². The summed E-state index contributed by atoms with van der Waals surface area (Å²) in [6.07, 6.45) is 9.54. The number of rotatable bonds is 8. The van der Waals surface area contributed by atoms with E-state index < -0.39 is 0 Å². The second-order valence-electron chi connectivity index (χ2n) is 7.80. The van der Waals surface area contributed by atoms with Gasteiger partial charge < -0.3 is 9.47 Å². The normalized spacial score (nSPS) is 22.9. The molecule has 2 aliphatic rings. The number of allylic oxidation sites excluding steroid dienone is 4. The molecule has 0 aliphatic heterocycles. The van der Waals surface area contributed by atoms with Gasteiger partial charge in [-0.15, -0.1) is 0 Å². The van der Waals surface area contributed by atoms with Crippen LogP contribution in [0.1, 0.15) is 72.6 Å². The van der Waals surface area contributed by atoms with Gasteiger partial charge in [0.2, 0.25) is 23.1 Å². The molecule has 0 saturated heterocycles. The molecule has 0 spiro atoms. The fraction of sp³-hybridized carbons (Fsp3) is 0.652. The fourth-order valence-corrected chi connectivity index (χ4v) is 4.62. The molecule has 1 unspecified atom stereocenters. The minimum atomic E-state index is -0.350. The Bertz CT molecular complexity index is 689. The monoisotopic (exact) mass is 374 g/mol. The van der Waals surface area contributed by atoms with Crippen LogP contribution in [0.25, 0.3) is 0 Å². The standard InChI is InChI=1S/C23H34O4/c1-7-16-10-11-17(14-16)12-13-23(8-2,9-3)18-15(4)19(24)21(26-5)22(27-6)20(18)25/h12,16H,7-11,13-14H2,1-6H3. The number of hydrogen-bond acceptors (Lipinski definition) is 4.